The molecule has 0 aromatic heterocycles. The Morgan fingerprint density at radius 1 is 1.25 bits per heavy atom. The summed E-state index contributed by atoms with van der Waals surface area (Å²) in [6.07, 6.45) is -2.35. The number of rotatable bonds is 3. The Morgan fingerprint density at radius 2 is 1.90 bits per heavy atom. The van der Waals surface area contributed by atoms with Crippen LogP contribution in [-0.2, 0) is 11.0 Å². The molecule has 4 nitrogen and oxygen atoms in total. The number of nitrogens with one attached hydrogen (secondary N) is 1. The Kier molecular flexibility index (Phi) is 3.69. The van der Waals surface area contributed by atoms with Crippen LogP contribution in [0.4, 0.5) is 18.9 Å². The zero-order valence-electron chi connectivity index (χ0n) is 10.3. The number of halogens is 3. The lowest BCUT2D eigenvalue weighted by molar-refractivity contribution is -0.137. The molecular formula is C13H12F3NO3. The average molecular weight is 287 g/mol. The van der Waals surface area contributed by atoms with E-state index in [-0.39, 0.29) is 17.2 Å². The van der Waals surface area contributed by atoms with E-state index in [9.17, 15) is 22.8 Å². The second-order valence-corrected chi connectivity index (χ2v) is 4.68. The molecule has 2 N–H and O–H groups in total. The van der Waals surface area contributed by atoms with Crippen molar-refractivity contribution in [1.82, 2.24) is 0 Å². The molecule has 0 unspecified atom stereocenters. The summed E-state index contributed by atoms with van der Waals surface area (Å²) in [5.74, 6) is -2.06. The average Bonchev–Trinajstić information content (AvgIpc) is 2.24. The third kappa shape index (κ3) is 2.92. The number of carbonyl (C=O) groups is 2. The fourth-order valence-electron chi connectivity index (χ4n) is 1.92. The SMILES string of the molecule is O=C(O)c1ccc(C(F)(F)F)cc1NC(=O)C1CCC1. The molecule has 0 heterocycles. The summed E-state index contributed by atoms with van der Waals surface area (Å²) in [5.41, 5.74) is -1.67. The Bertz CT molecular complexity index is 550. The van der Waals surface area contributed by atoms with Crippen LogP contribution < -0.4 is 5.32 Å². The molecule has 1 fully saturated rings. The number of carbonyl (C=O) groups excluding carboxylic acids is 1. The second kappa shape index (κ2) is 5.15. The molecule has 108 valence electrons. The number of benzene rings is 1. The van der Waals surface area contributed by atoms with Crippen LogP contribution in [0.3, 0.4) is 0 Å². The Labute approximate surface area is 112 Å². The van der Waals surface area contributed by atoms with Crippen molar-refractivity contribution in [2.45, 2.75) is 25.4 Å². The van der Waals surface area contributed by atoms with Crippen LogP contribution in [0.2, 0.25) is 0 Å². The minimum Gasteiger partial charge on any atom is -0.478 e. The van der Waals surface area contributed by atoms with Crippen LogP contribution in [0.1, 0.15) is 35.2 Å². The van der Waals surface area contributed by atoms with Gasteiger partial charge in [0, 0.05) is 5.92 Å². The van der Waals surface area contributed by atoms with Crippen LogP contribution in [0.15, 0.2) is 18.2 Å². The zero-order chi connectivity index (χ0) is 14.9. The smallest absolute Gasteiger partial charge is 0.416 e. The summed E-state index contributed by atoms with van der Waals surface area (Å²) in [5, 5.41) is 11.2. The van der Waals surface area contributed by atoms with E-state index in [2.05, 4.69) is 5.32 Å². The molecule has 0 atom stereocenters. The molecule has 7 heteroatoms. The first kappa shape index (κ1) is 14.4. The van der Waals surface area contributed by atoms with Gasteiger partial charge in [0.1, 0.15) is 0 Å². The van der Waals surface area contributed by atoms with Gasteiger partial charge in [-0.1, -0.05) is 6.42 Å². The molecule has 1 aliphatic carbocycles. The van der Waals surface area contributed by atoms with E-state index < -0.39 is 23.6 Å². The lowest BCUT2D eigenvalue weighted by Crippen LogP contribution is -2.28. The fourth-order valence-corrected chi connectivity index (χ4v) is 1.92. The predicted molar refractivity (Wildman–Crippen MR) is 64.4 cm³/mol. The molecule has 1 amide bonds. The number of alkyl halides is 3. The van der Waals surface area contributed by atoms with Gasteiger partial charge in [-0.05, 0) is 31.0 Å². The van der Waals surface area contributed by atoms with Gasteiger partial charge in [0.2, 0.25) is 5.91 Å². The van der Waals surface area contributed by atoms with E-state index >= 15 is 0 Å². The van der Waals surface area contributed by atoms with Crippen molar-refractivity contribution < 1.29 is 27.9 Å². The van der Waals surface area contributed by atoms with E-state index in [0.717, 1.165) is 12.5 Å². The molecule has 1 aromatic carbocycles. The molecule has 0 aliphatic heterocycles. The summed E-state index contributed by atoms with van der Waals surface area (Å²) >= 11 is 0. The van der Waals surface area contributed by atoms with Gasteiger partial charge in [-0.25, -0.2) is 4.79 Å². The minimum absolute atomic E-state index is 0.244. The van der Waals surface area contributed by atoms with Crippen molar-refractivity contribution in [2.75, 3.05) is 5.32 Å². The van der Waals surface area contributed by atoms with E-state index in [4.69, 9.17) is 5.11 Å². The summed E-state index contributed by atoms with van der Waals surface area (Å²) in [4.78, 5) is 22.7. The van der Waals surface area contributed by atoms with Crippen molar-refractivity contribution in [3.8, 4) is 0 Å². The molecule has 20 heavy (non-hydrogen) atoms. The van der Waals surface area contributed by atoms with Gasteiger partial charge < -0.3 is 10.4 Å². The van der Waals surface area contributed by atoms with E-state index in [0.29, 0.717) is 25.0 Å². The van der Waals surface area contributed by atoms with Crippen molar-refractivity contribution in [2.24, 2.45) is 5.92 Å². The molecule has 0 bridgehead atoms. The van der Waals surface area contributed by atoms with Crippen molar-refractivity contribution in [1.29, 1.82) is 0 Å². The number of carboxylic acids is 1. The number of hydrogen-bond acceptors (Lipinski definition) is 2. The monoisotopic (exact) mass is 287 g/mol. The van der Waals surface area contributed by atoms with E-state index in [1.807, 2.05) is 0 Å². The number of amides is 1. The van der Waals surface area contributed by atoms with Gasteiger partial charge in [0.25, 0.3) is 0 Å². The van der Waals surface area contributed by atoms with E-state index in [1.165, 1.54) is 0 Å². The van der Waals surface area contributed by atoms with Gasteiger partial charge in [-0.15, -0.1) is 0 Å². The summed E-state index contributed by atoms with van der Waals surface area (Å²) in [6.45, 7) is 0. The molecule has 1 aliphatic rings. The summed E-state index contributed by atoms with van der Waals surface area (Å²) in [6, 6.07) is 2.18. The summed E-state index contributed by atoms with van der Waals surface area (Å²) in [7, 11) is 0. The van der Waals surface area contributed by atoms with Gasteiger partial charge in [0.15, 0.2) is 0 Å². The summed E-state index contributed by atoms with van der Waals surface area (Å²) < 4.78 is 37.8. The highest BCUT2D eigenvalue weighted by Crippen LogP contribution is 2.33. The lowest BCUT2D eigenvalue weighted by Gasteiger charge is -2.24. The molecule has 0 spiro atoms. The number of aromatic carboxylic acids is 1. The van der Waals surface area contributed by atoms with Crippen molar-refractivity contribution in [3.63, 3.8) is 0 Å². The first-order chi connectivity index (χ1) is 9.29. The molecular weight excluding hydrogens is 275 g/mol. The highest BCUT2D eigenvalue weighted by Gasteiger charge is 2.32. The molecule has 1 aromatic rings. The normalized spacial score (nSPS) is 15.6. The van der Waals surface area contributed by atoms with Crippen LogP contribution in [0, 0.1) is 5.92 Å². The maximum atomic E-state index is 12.6. The minimum atomic E-state index is -4.59. The number of carboxylic acid groups (broad SMARTS) is 1. The molecule has 0 radical (unpaired) electrons. The van der Waals surface area contributed by atoms with Gasteiger partial charge in [-0.3, -0.25) is 4.79 Å². The molecule has 1 saturated carbocycles. The maximum absolute atomic E-state index is 12.6. The lowest BCUT2D eigenvalue weighted by atomic mass is 9.84. The highest BCUT2D eigenvalue weighted by molar-refractivity contribution is 6.01. The van der Waals surface area contributed by atoms with Crippen molar-refractivity contribution >= 4 is 17.6 Å². The van der Waals surface area contributed by atoms with Crippen LogP contribution in [0.5, 0.6) is 0 Å². The topological polar surface area (TPSA) is 66.4 Å². The number of hydrogen-bond donors (Lipinski definition) is 2. The van der Waals surface area contributed by atoms with Crippen LogP contribution in [0.25, 0.3) is 0 Å². The molecule has 2 rings (SSSR count). The standard InChI is InChI=1S/C13H12F3NO3/c14-13(15,16)8-4-5-9(12(19)20)10(6-8)17-11(18)7-2-1-3-7/h4-7H,1-3H2,(H,17,18)(H,19,20). The van der Waals surface area contributed by atoms with Crippen LogP contribution >= 0.6 is 0 Å². The van der Waals surface area contributed by atoms with Crippen LogP contribution in [-0.4, -0.2) is 17.0 Å². The Hall–Kier alpha value is -2.05. The third-order valence-corrected chi connectivity index (χ3v) is 3.31. The quantitative estimate of drug-likeness (QED) is 0.897. The first-order valence-electron chi connectivity index (χ1n) is 6.04. The zero-order valence-corrected chi connectivity index (χ0v) is 10.3. The fraction of sp³-hybridized carbons (Fsp3) is 0.385. The largest absolute Gasteiger partial charge is 0.478 e. The first-order valence-corrected chi connectivity index (χ1v) is 6.04. The van der Waals surface area contributed by atoms with E-state index in [1.54, 1.807) is 0 Å². The predicted octanol–water partition coefficient (Wildman–Crippen LogP) is 3.14. The third-order valence-electron chi connectivity index (χ3n) is 3.31. The Morgan fingerprint density at radius 3 is 2.35 bits per heavy atom. The highest BCUT2D eigenvalue weighted by atomic mass is 19.4. The second-order valence-electron chi connectivity index (χ2n) is 4.68. The maximum Gasteiger partial charge on any atom is 0.416 e. The van der Waals surface area contributed by atoms with Gasteiger partial charge in [-0.2, -0.15) is 13.2 Å². The Balaban J connectivity index is 2.31. The van der Waals surface area contributed by atoms with Crippen molar-refractivity contribution in [3.05, 3.63) is 29.3 Å². The number of anilines is 1. The van der Waals surface area contributed by atoms with Gasteiger partial charge in [0.05, 0.1) is 16.8 Å². The molecule has 0 saturated heterocycles. The van der Waals surface area contributed by atoms with Gasteiger partial charge >= 0.3 is 12.1 Å².